The summed E-state index contributed by atoms with van der Waals surface area (Å²) in [6, 6.07) is 24.1. The Balaban J connectivity index is 1.32. The van der Waals surface area contributed by atoms with Gasteiger partial charge in [-0.3, -0.25) is 9.69 Å². The zero-order valence-corrected chi connectivity index (χ0v) is 22.3. The van der Waals surface area contributed by atoms with Gasteiger partial charge in [-0.15, -0.1) is 0 Å². The summed E-state index contributed by atoms with van der Waals surface area (Å²) >= 11 is 9.24. The molecule has 0 aliphatic carbocycles. The number of anilines is 1. The maximum atomic E-state index is 13.0. The second-order valence-corrected chi connectivity index (χ2v) is 10.7. The number of halogens is 1. The summed E-state index contributed by atoms with van der Waals surface area (Å²) in [6.07, 6.45) is 8.05. The van der Waals surface area contributed by atoms with Gasteiger partial charge in [0, 0.05) is 23.5 Å². The number of amides is 1. The molecule has 0 spiro atoms. The van der Waals surface area contributed by atoms with Crippen LogP contribution in [0.4, 0.5) is 11.4 Å². The van der Waals surface area contributed by atoms with E-state index in [4.69, 9.17) is 16.6 Å². The molecule has 180 valence electrons. The molecular weight excluding hydrogens is 506 g/mol. The van der Waals surface area contributed by atoms with E-state index in [9.17, 15) is 4.79 Å². The molecule has 1 amide bonds. The van der Waals surface area contributed by atoms with Gasteiger partial charge in [0.1, 0.15) is 0 Å². The van der Waals surface area contributed by atoms with Crippen molar-refractivity contribution in [3.63, 3.8) is 0 Å². The highest BCUT2D eigenvalue weighted by atomic mass is 35.5. The number of hydrogen-bond acceptors (Lipinski definition) is 5. The first kappa shape index (κ1) is 24.5. The molecule has 2 aliphatic heterocycles. The summed E-state index contributed by atoms with van der Waals surface area (Å²) in [5.74, 6) is -0.0216. The molecule has 36 heavy (non-hydrogen) atoms. The first-order valence-corrected chi connectivity index (χ1v) is 13.6. The Bertz CT molecular complexity index is 1410. The molecule has 0 unspecified atom stereocenters. The molecule has 3 aromatic rings. The van der Waals surface area contributed by atoms with Gasteiger partial charge in [-0.1, -0.05) is 78.0 Å². The monoisotopic (exact) mass is 529 g/mol. The van der Waals surface area contributed by atoms with E-state index < -0.39 is 0 Å². The van der Waals surface area contributed by atoms with Crippen molar-refractivity contribution >= 4 is 69.7 Å². The molecule has 0 bridgehead atoms. The molecule has 7 heteroatoms. The first-order chi connectivity index (χ1) is 17.5. The molecule has 2 aliphatic rings. The first-order valence-electron chi connectivity index (χ1n) is 11.6. The van der Waals surface area contributed by atoms with Crippen molar-refractivity contribution in [3.05, 3.63) is 111 Å². The van der Waals surface area contributed by atoms with Crippen molar-refractivity contribution in [3.8, 4) is 0 Å². The standard InChI is InChI=1S/C29H24ClN3OS2/c1-3-33-28(34)26(17-18-27-32(2)24-19-22(30)13-16-25(24)35-27)36-29(33)31-23-14-11-21(12-15-23)10-9-20-7-5-4-6-8-20/h4-19H,3H2,1-2H3. The zero-order chi connectivity index (χ0) is 25.1. The van der Waals surface area contributed by atoms with Crippen molar-refractivity contribution in [2.24, 2.45) is 4.99 Å². The summed E-state index contributed by atoms with van der Waals surface area (Å²) in [7, 11) is 2.01. The van der Waals surface area contributed by atoms with Crippen LogP contribution in [0.25, 0.3) is 12.2 Å². The SMILES string of the molecule is CCN1C(=O)C(=CC=C2Sc3ccc(Cl)cc3N2C)SC1=Nc1ccc(C=Cc2ccccc2)cc1. The summed E-state index contributed by atoms with van der Waals surface area (Å²) in [6.45, 7) is 2.53. The highest BCUT2D eigenvalue weighted by Crippen LogP contribution is 2.46. The van der Waals surface area contributed by atoms with Crippen LogP contribution in [0, 0.1) is 0 Å². The number of carbonyl (C=O) groups is 1. The van der Waals surface area contributed by atoms with Crippen molar-refractivity contribution < 1.29 is 4.79 Å². The van der Waals surface area contributed by atoms with Crippen LogP contribution in [0.3, 0.4) is 0 Å². The third kappa shape index (κ3) is 5.31. The van der Waals surface area contributed by atoms with E-state index in [-0.39, 0.29) is 5.91 Å². The summed E-state index contributed by atoms with van der Waals surface area (Å²) in [5, 5.41) is 2.45. The average Bonchev–Trinajstić information content (AvgIpc) is 3.37. The smallest absolute Gasteiger partial charge is 0.266 e. The third-order valence-corrected chi connectivity index (χ3v) is 8.24. The maximum Gasteiger partial charge on any atom is 0.266 e. The second kappa shape index (κ2) is 10.8. The van der Waals surface area contributed by atoms with Gasteiger partial charge in [-0.25, -0.2) is 4.99 Å². The minimum Gasteiger partial charge on any atom is -0.338 e. The number of rotatable bonds is 5. The molecule has 0 atom stereocenters. The molecule has 5 rings (SSSR count). The fourth-order valence-electron chi connectivity index (χ4n) is 3.84. The largest absolute Gasteiger partial charge is 0.338 e. The molecule has 0 aromatic heterocycles. The fraction of sp³-hybridized carbons (Fsp3) is 0.103. The van der Waals surface area contributed by atoms with Gasteiger partial charge in [0.2, 0.25) is 0 Å². The van der Waals surface area contributed by atoms with Gasteiger partial charge < -0.3 is 4.90 Å². The van der Waals surface area contributed by atoms with Gasteiger partial charge in [0.15, 0.2) is 5.17 Å². The fourth-order valence-corrected chi connectivity index (χ4v) is 6.05. The normalized spacial score (nSPS) is 18.9. The number of amidine groups is 1. The molecule has 0 N–H and O–H groups in total. The van der Waals surface area contributed by atoms with E-state index in [1.54, 1.807) is 16.7 Å². The number of benzene rings is 3. The van der Waals surface area contributed by atoms with Gasteiger partial charge in [0.05, 0.1) is 21.3 Å². The van der Waals surface area contributed by atoms with E-state index in [2.05, 4.69) is 29.2 Å². The second-order valence-electron chi connectivity index (χ2n) is 8.19. The average molecular weight is 530 g/mol. The molecule has 0 saturated carbocycles. The van der Waals surface area contributed by atoms with Crippen molar-refractivity contribution in [1.29, 1.82) is 0 Å². The zero-order valence-electron chi connectivity index (χ0n) is 19.9. The van der Waals surface area contributed by atoms with Crippen LogP contribution >= 0.6 is 35.1 Å². The van der Waals surface area contributed by atoms with Gasteiger partial charge >= 0.3 is 0 Å². The van der Waals surface area contributed by atoms with Crippen LogP contribution in [0.15, 0.2) is 105 Å². The Labute approximate surface area is 225 Å². The number of aliphatic imine (C=N–C) groups is 1. The lowest BCUT2D eigenvalue weighted by atomic mass is 10.1. The van der Waals surface area contributed by atoms with E-state index in [1.807, 2.05) is 86.8 Å². The van der Waals surface area contributed by atoms with Crippen LogP contribution in [0.5, 0.6) is 0 Å². The third-order valence-electron chi connectivity index (χ3n) is 5.79. The predicted molar refractivity (Wildman–Crippen MR) is 156 cm³/mol. The van der Waals surface area contributed by atoms with E-state index in [0.29, 0.717) is 21.6 Å². The summed E-state index contributed by atoms with van der Waals surface area (Å²) in [4.78, 5) is 23.4. The molecular formula is C29H24ClN3OS2. The highest BCUT2D eigenvalue weighted by molar-refractivity contribution is 8.18. The lowest BCUT2D eigenvalue weighted by molar-refractivity contribution is -0.122. The topological polar surface area (TPSA) is 35.9 Å². The lowest BCUT2D eigenvalue weighted by Gasteiger charge is -2.13. The Hall–Kier alpha value is -3.19. The van der Waals surface area contributed by atoms with Crippen LogP contribution in [-0.4, -0.2) is 29.6 Å². The number of hydrogen-bond donors (Lipinski definition) is 0. The summed E-state index contributed by atoms with van der Waals surface area (Å²) < 4.78 is 0. The number of likely N-dealkylation sites (N-methyl/N-ethyl adjacent to an activating group) is 1. The van der Waals surface area contributed by atoms with Crippen molar-refractivity contribution in [2.75, 3.05) is 18.5 Å². The van der Waals surface area contributed by atoms with E-state index >= 15 is 0 Å². The lowest BCUT2D eigenvalue weighted by Crippen LogP contribution is -2.28. The molecule has 0 radical (unpaired) electrons. The Morgan fingerprint density at radius 1 is 0.917 bits per heavy atom. The Morgan fingerprint density at radius 3 is 2.36 bits per heavy atom. The van der Waals surface area contributed by atoms with E-state index in [1.165, 1.54) is 11.8 Å². The molecule has 1 fully saturated rings. The predicted octanol–water partition coefficient (Wildman–Crippen LogP) is 8.06. The number of allylic oxidation sites excluding steroid dienone is 2. The van der Waals surface area contributed by atoms with Crippen LogP contribution < -0.4 is 4.90 Å². The van der Waals surface area contributed by atoms with Crippen LogP contribution in [0.1, 0.15) is 18.1 Å². The minimum atomic E-state index is -0.0216. The number of thioether (sulfide) groups is 2. The highest BCUT2D eigenvalue weighted by Gasteiger charge is 2.32. The number of carbonyl (C=O) groups excluding carboxylic acids is 1. The minimum absolute atomic E-state index is 0.0216. The molecule has 3 aromatic carbocycles. The maximum absolute atomic E-state index is 13.0. The van der Waals surface area contributed by atoms with Gasteiger partial charge in [-0.2, -0.15) is 0 Å². The molecule has 2 heterocycles. The quantitative estimate of drug-likeness (QED) is 0.247. The van der Waals surface area contributed by atoms with Crippen LogP contribution in [-0.2, 0) is 4.79 Å². The Morgan fingerprint density at radius 2 is 1.64 bits per heavy atom. The van der Waals surface area contributed by atoms with E-state index in [0.717, 1.165) is 32.4 Å². The Kier molecular flexibility index (Phi) is 7.37. The van der Waals surface area contributed by atoms with Crippen LogP contribution in [0.2, 0.25) is 5.02 Å². The van der Waals surface area contributed by atoms with Crippen molar-refractivity contribution in [1.82, 2.24) is 4.90 Å². The number of fused-ring (bicyclic) bond motifs is 1. The number of nitrogens with zero attached hydrogens (tertiary/aromatic N) is 3. The van der Waals surface area contributed by atoms with Gasteiger partial charge in [0.25, 0.3) is 5.91 Å². The van der Waals surface area contributed by atoms with Crippen molar-refractivity contribution in [2.45, 2.75) is 11.8 Å². The molecule has 1 saturated heterocycles. The molecule has 4 nitrogen and oxygen atoms in total. The van der Waals surface area contributed by atoms with Gasteiger partial charge in [-0.05, 0) is 72.3 Å². The summed E-state index contributed by atoms with van der Waals surface area (Å²) in [5.41, 5.74) is 4.14.